The second-order valence-corrected chi connectivity index (χ2v) is 5.74. The topological polar surface area (TPSA) is 81.9 Å². The van der Waals surface area contributed by atoms with E-state index in [1.807, 2.05) is 18.4 Å². The molecule has 0 aliphatic carbocycles. The summed E-state index contributed by atoms with van der Waals surface area (Å²) in [6.07, 6.45) is 2.54. The van der Waals surface area contributed by atoms with E-state index in [1.54, 1.807) is 18.8 Å². The number of methoxy groups -OCH3 is 1. The first-order chi connectivity index (χ1) is 10.1. The zero-order chi connectivity index (χ0) is 15.2. The van der Waals surface area contributed by atoms with Gasteiger partial charge in [0.2, 0.25) is 0 Å². The Bertz CT molecular complexity index is 595. The molecule has 8 heteroatoms. The second-order valence-electron chi connectivity index (χ2n) is 4.68. The van der Waals surface area contributed by atoms with Crippen molar-refractivity contribution in [1.82, 2.24) is 25.1 Å². The number of rotatable bonds is 7. The molecule has 2 aromatic heterocycles. The molecule has 0 aliphatic heterocycles. The number of aryl methyl sites for hydroxylation is 2. The van der Waals surface area contributed by atoms with E-state index in [-0.39, 0.29) is 11.9 Å². The van der Waals surface area contributed by atoms with E-state index in [4.69, 9.17) is 4.74 Å². The van der Waals surface area contributed by atoms with Crippen molar-refractivity contribution in [3.8, 4) is 0 Å². The lowest BCUT2D eigenvalue weighted by molar-refractivity contribution is 0.0933. The van der Waals surface area contributed by atoms with Gasteiger partial charge in [0, 0.05) is 25.6 Å². The van der Waals surface area contributed by atoms with Crippen LogP contribution in [0.4, 0.5) is 0 Å². The van der Waals surface area contributed by atoms with Gasteiger partial charge in [-0.05, 0) is 20.3 Å². The number of amides is 1. The van der Waals surface area contributed by atoms with Crippen molar-refractivity contribution in [1.29, 1.82) is 0 Å². The zero-order valence-corrected chi connectivity index (χ0v) is 13.2. The molecule has 0 fully saturated rings. The van der Waals surface area contributed by atoms with E-state index in [0.717, 1.165) is 23.8 Å². The Kier molecular flexibility index (Phi) is 5.40. The van der Waals surface area contributed by atoms with Crippen molar-refractivity contribution >= 4 is 17.2 Å². The molecule has 1 amide bonds. The third kappa shape index (κ3) is 4.08. The average Bonchev–Trinajstić information content (AvgIpc) is 3.08. The van der Waals surface area contributed by atoms with Gasteiger partial charge in [-0.3, -0.25) is 4.79 Å². The fourth-order valence-corrected chi connectivity index (χ4v) is 2.55. The second kappa shape index (κ2) is 7.28. The molecule has 0 aliphatic rings. The summed E-state index contributed by atoms with van der Waals surface area (Å²) in [7, 11) is 1.67. The lowest BCUT2D eigenvalue weighted by Gasteiger charge is -2.14. The summed E-state index contributed by atoms with van der Waals surface area (Å²) in [6, 6.07) is -0.232. The summed E-state index contributed by atoms with van der Waals surface area (Å²) in [5.41, 5.74) is 0.440. The average molecular weight is 309 g/mol. The third-order valence-corrected chi connectivity index (χ3v) is 3.75. The van der Waals surface area contributed by atoms with Crippen molar-refractivity contribution < 1.29 is 9.53 Å². The van der Waals surface area contributed by atoms with Gasteiger partial charge in [0.15, 0.2) is 5.82 Å². The first-order valence-electron chi connectivity index (χ1n) is 6.71. The van der Waals surface area contributed by atoms with Crippen LogP contribution < -0.4 is 5.32 Å². The fourth-order valence-electron chi connectivity index (χ4n) is 1.95. The molecule has 2 aromatic rings. The smallest absolute Gasteiger partial charge is 0.271 e. The summed E-state index contributed by atoms with van der Waals surface area (Å²) in [4.78, 5) is 16.3. The number of thiazole rings is 1. The van der Waals surface area contributed by atoms with Gasteiger partial charge in [-0.15, -0.1) is 21.5 Å². The van der Waals surface area contributed by atoms with E-state index >= 15 is 0 Å². The van der Waals surface area contributed by atoms with Gasteiger partial charge in [-0.1, -0.05) is 0 Å². The Balaban J connectivity index is 1.98. The van der Waals surface area contributed by atoms with Crippen LogP contribution in [0.3, 0.4) is 0 Å². The summed E-state index contributed by atoms with van der Waals surface area (Å²) >= 11 is 1.46. The van der Waals surface area contributed by atoms with Crippen molar-refractivity contribution in [3.63, 3.8) is 0 Å². The number of nitrogens with zero attached hydrogens (tertiary/aromatic N) is 4. The van der Waals surface area contributed by atoms with Gasteiger partial charge in [0.05, 0.1) is 11.0 Å². The van der Waals surface area contributed by atoms with Crippen molar-refractivity contribution in [3.05, 3.63) is 28.2 Å². The number of ether oxygens (including phenoxy) is 1. The molecular weight excluding hydrogens is 290 g/mol. The van der Waals surface area contributed by atoms with Gasteiger partial charge in [-0.25, -0.2) is 4.98 Å². The van der Waals surface area contributed by atoms with Crippen LogP contribution >= 0.6 is 11.3 Å². The number of hydrogen-bond donors (Lipinski definition) is 1. The molecule has 114 valence electrons. The third-order valence-electron chi connectivity index (χ3n) is 2.98. The first-order valence-corrected chi connectivity index (χ1v) is 7.59. The van der Waals surface area contributed by atoms with Crippen molar-refractivity contribution in [2.45, 2.75) is 32.9 Å². The minimum Gasteiger partial charge on any atom is -0.385 e. The number of carbonyl (C=O) groups excluding carboxylic acids is 1. The minimum absolute atomic E-state index is 0.196. The maximum absolute atomic E-state index is 12.1. The molecule has 0 spiro atoms. The van der Waals surface area contributed by atoms with Crippen LogP contribution in [-0.2, 0) is 11.3 Å². The molecule has 0 saturated heterocycles. The summed E-state index contributed by atoms with van der Waals surface area (Å²) < 4.78 is 6.96. The van der Waals surface area contributed by atoms with E-state index < -0.39 is 0 Å². The standard InChI is InChI=1S/C13H19N5O2S/c1-9(15-13(19)11-7-21-10(2)16-11)12-17-14-8-18(12)5-4-6-20-3/h7-9H,4-6H2,1-3H3,(H,15,19)/t9-/m0/s1. The Morgan fingerprint density at radius 1 is 1.57 bits per heavy atom. The van der Waals surface area contributed by atoms with Gasteiger partial charge in [0.1, 0.15) is 12.0 Å². The number of nitrogens with one attached hydrogen (secondary N) is 1. The molecule has 0 unspecified atom stereocenters. The fraction of sp³-hybridized carbons (Fsp3) is 0.538. The molecule has 0 bridgehead atoms. The predicted octanol–water partition coefficient (Wildman–Crippen LogP) is 1.57. The summed E-state index contributed by atoms with van der Waals surface area (Å²) in [5.74, 6) is 0.532. The van der Waals surface area contributed by atoms with Crippen molar-refractivity contribution in [2.24, 2.45) is 0 Å². The Morgan fingerprint density at radius 3 is 3.05 bits per heavy atom. The van der Waals surface area contributed by atoms with Gasteiger partial charge >= 0.3 is 0 Å². The monoisotopic (exact) mass is 309 g/mol. The van der Waals surface area contributed by atoms with Crippen LogP contribution in [0.25, 0.3) is 0 Å². The molecule has 7 nitrogen and oxygen atoms in total. The Morgan fingerprint density at radius 2 is 2.38 bits per heavy atom. The molecule has 21 heavy (non-hydrogen) atoms. The largest absolute Gasteiger partial charge is 0.385 e. The molecule has 0 radical (unpaired) electrons. The summed E-state index contributed by atoms with van der Waals surface area (Å²) in [6.45, 7) is 5.19. The molecule has 1 N–H and O–H groups in total. The summed E-state index contributed by atoms with van der Waals surface area (Å²) in [5, 5.41) is 13.5. The highest BCUT2D eigenvalue weighted by Gasteiger charge is 2.17. The normalized spacial score (nSPS) is 12.3. The molecule has 2 rings (SSSR count). The van der Waals surface area contributed by atoms with Gasteiger partial charge in [0.25, 0.3) is 5.91 Å². The van der Waals surface area contributed by atoms with E-state index in [2.05, 4.69) is 20.5 Å². The predicted molar refractivity (Wildman–Crippen MR) is 79.2 cm³/mol. The van der Waals surface area contributed by atoms with E-state index in [0.29, 0.717) is 12.3 Å². The Labute approximate surface area is 127 Å². The van der Waals surface area contributed by atoms with Gasteiger partial charge < -0.3 is 14.6 Å². The van der Waals surface area contributed by atoms with Crippen LogP contribution in [0.15, 0.2) is 11.7 Å². The molecular formula is C13H19N5O2S. The van der Waals surface area contributed by atoms with Crippen LogP contribution in [0, 0.1) is 6.92 Å². The number of aromatic nitrogens is 4. The van der Waals surface area contributed by atoms with Gasteiger partial charge in [-0.2, -0.15) is 0 Å². The molecule has 1 atom stereocenters. The molecule has 0 saturated carbocycles. The van der Waals surface area contributed by atoms with E-state index in [1.165, 1.54) is 11.3 Å². The van der Waals surface area contributed by atoms with E-state index in [9.17, 15) is 4.79 Å². The highest BCUT2D eigenvalue weighted by Crippen LogP contribution is 2.12. The van der Waals surface area contributed by atoms with Crippen LogP contribution in [0.5, 0.6) is 0 Å². The highest BCUT2D eigenvalue weighted by molar-refractivity contribution is 7.09. The lowest BCUT2D eigenvalue weighted by atomic mass is 10.3. The highest BCUT2D eigenvalue weighted by atomic mass is 32.1. The SMILES string of the molecule is COCCCn1cnnc1[C@H](C)NC(=O)c1csc(C)n1. The Hall–Kier alpha value is -1.80. The number of carbonyl (C=O) groups is 1. The maximum Gasteiger partial charge on any atom is 0.271 e. The van der Waals surface area contributed by atoms with Crippen LogP contribution in [0.2, 0.25) is 0 Å². The minimum atomic E-state index is -0.232. The molecule has 0 aromatic carbocycles. The van der Waals surface area contributed by atoms with Crippen LogP contribution in [0.1, 0.15) is 40.7 Å². The maximum atomic E-state index is 12.1. The lowest BCUT2D eigenvalue weighted by Crippen LogP contribution is -2.29. The van der Waals surface area contributed by atoms with Crippen molar-refractivity contribution in [2.75, 3.05) is 13.7 Å². The quantitative estimate of drug-likeness (QED) is 0.785. The van der Waals surface area contributed by atoms with Crippen LogP contribution in [-0.4, -0.2) is 39.4 Å². The zero-order valence-electron chi connectivity index (χ0n) is 12.4. The number of hydrogen-bond acceptors (Lipinski definition) is 6. The first kappa shape index (κ1) is 15.6. The molecule has 2 heterocycles.